The molecule has 2 rings (SSSR count). The van der Waals surface area contributed by atoms with Crippen LogP contribution in [0, 0.1) is 0 Å². The first kappa shape index (κ1) is 11.1. The zero-order valence-electron chi connectivity index (χ0n) is 8.32. The van der Waals surface area contributed by atoms with Crippen molar-refractivity contribution in [3.63, 3.8) is 0 Å². The van der Waals surface area contributed by atoms with Crippen LogP contribution in [0.3, 0.4) is 0 Å². The second-order valence-corrected chi connectivity index (χ2v) is 3.78. The molecule has 0 aliphatic carbocycles. The van der Waals surface area contributed by atoms with E-state index in [-0.39, 0.29) is 10.7 Å². The van der Waals surface area contributed by atoms with Crippen molar-refractivity contribution in [2.24, 2.45) is 0 Å². The van der Waals surface area contributed by atoms with E-state index in [1.54, 1.807) is 0 Å². The van der Waals surface area contributed by atoms with Crippen LogP contribution in [0.4, 0.5) is 5.69 Å². The van der Waals surface area contributed by atoms with Crippen molar-refractivity contribution >= 4 is 28.9 Å². The lowest BCUT2D eigenvalue weighted by Gasteiger charge is -1.99. The monoisotopic (exact) mass is 250 g/mol. The second kappa shape index (κ2) is 4.66. The van der Waals surface area contributed by atoms with Crippen LogP contribution in [-0.2, 0) is 0 Å². The van der Waals surface area contributed by atoms with E-state index in [0.29, 0.717) is 5.69 Å². The zero-order valence-corrected chi connectivity index (χ0v) is 9.14. The Morgan fingerprint density at radius 3 is 2.59 bits per heavy atom. The predicted molar refractivity (Wildman–Crippen MR) is 59.1 cm³/mol. The van der Waals surface area contributed by atoms with Gasteiger partial charge in [0.05, 0.1) is 18.1 Å². The van der Waals surface area contributed by atoms with Gasteiger partial charge in [-0.2, -0.15) is 0 Å². The Morgan fingerprint density at radius 1 is 1.29 bits per heavy atom. The van der Waals surface area contributed by atoms with Gasteiger partial charge in [-0.3, -0.25) is 4.79 Å². The molecule has 0 aliphatic rings. The van der Waals surface area contributed by atoms with Gasteiger partial charge in [0.25, 0.3) is 5.91 Å². The first-order valence-electron chi connectivity index (χ1n) is 4.42. The first-order valence-corrected chi connectivity index (χ1v) is 5.30. The number of carbonyl (C=O) groups excluding carboxylic acids is 1. The first-order chi connectivity index (χ1) is 8.16. The van der Waals surface area contributed by atoms with Crippen molar-refractivity contribution in [2.45, 2.75) is 0 Å². The molecule has 8 heteroatoms. The van der Waals surface area contributed by atoms with Crippen LogP contribution in [0.25, 0.3) is 0 Å². The van der Waals surface area contributed by atoms with Gasteiger partial charge in [0.2, 0.25) is 0 Å². The van der Waals surface area contributed by atoms with Gasteiger partial charge >= 0.3 is 5.97 Å². The van der Waals surface area contributed by atoms with Crippen LogP contribution in [-0.4, -0.2) is 31.9 Å². The number of aromatic carboxylic acids is 1. The molecule has 0 aliphatic heterocycles. The van der Waals surface area contributed by atoms with Crippen LogP contribution in [0.5, 0.6) is 0 Å². The van der Waals surface area contributed by atoms with Gasteiger partial charge in [0.15, 0.2) is 10.7 Å². The number of carboxylic acids is 1. The van der Waals surface area contributed by atoms with Crippen LogP contribution < -0.4 is 5.32 Å². The molecule has 0 atom stereocenters. The number of rotatable bonds is 3. The lowest BCUT2D eigenvalue weighted by atomic mass is 10.5. The second-order valence-electron chi connectivity index (χ2n) is 2.92. The molecule has 0 saturated heterocycles. The average Bonchev–Trinajstić information content (AvgIpc) is 2.79. The number of nitrogens with one attached hydrogen (secondary N) is 1. The van der Waals surface area contributed by atoms with E-state index in [4.69, 9.17) is 5.11 Å². The highest BCUT2D eigenvalue weighted by Gasteiger charge is 2.14. The summed E-state index contributed by atoms with van der Waals surface area (Å²) in [5.41, 5.74) is 0.272. The SMILES string of the molecule is O=C(O)c1csc(C(=O)Nc2cncnc2)n1. The molecule has 7 nitrogen and oxygen atoms in total. The summed E-state index contributed by atoms with van der Waals surface area (Å²) in [5, 5.41) is 12.5. The van der Waals surface area contributed by atoms with Gasteiger partial charge in [0, 0.05) is 5.38 Å². The standard InChI is InChI=1S/C9H6N4O3S/c14-7(12-5-1-10-4-11-2-5)8-13-6(3-17-8)9(15)16/h1-4H,(H,12,14)(H,15,16). The number of nitrogens with zero attached hydrogens (tertiary/aromatic N) is 3. The number of hydrogen-bond acceptors (Lipinski definition) is 6. The van der Waals surface area contributed by atoms with Crippen molar-refractivity contribution in [1.82, 2.24) is 15.0 Å². The van der Waals surface area contributed by atoms with Crippen molar-refractivity contribution in [1.29, 1.82) is 0 Å². The fourth-order valence-corrected chi connectivity index (χ4v) is 1.71. The lowest BCUT2D eigenvalue weighted by Crippen LogP contribution is -2.12. The number of anilines is 1. The maximum Gasteiger partial charge on any atom is 0.355 e. The van der Waals surface area contributed by atoms with Crippen molar-refractivity contribution < 1.29 is 14.7 Å². The number of hydrogen-bond donors (Lipinski definition) is 2. The minimum absolute atomic E-state index is 0.0752. The van der Waals surface area contributed by atoms with Crippen LogP contribution in [0.2, 0.25) is 0 Å². The summed E-state index contributed by atoms with van der Waals surface area (Å²) in [4.78, 5) is 33.4. The van der Waals surface area contributed by atoms with Gasteiger partial charge in [-0.1, -0.05) is 0 Å². The Labute approximate surface area is 99.2 Å². The minimum atomic E-state index is -1.16. The van der Waals surface area contributed by atoms with E-state index < -0.39 is 11.9 Å². The molecule has 17 heavy (non-hydrogen) atoms. The number of amides is 1. The van der Waals surface area contributed by atoms with Gasteiger partial charge in [-0.05, 0) is 0 Å². The van der Waals surface area contributed by atoms with E-state index in [1.807, 2.05) is 0 Å². The molecule has 0 unspecified atom stereocenters. The molecule has 0 aromatic carbocycles. The summed E-state index contributed by atoms with van der Waals surface area (Å²) in [6.07, 6.45) is 4.19. The van der Waals surface area contributed by atoms with Crippen LogP contribution in [0.15, 0.2) is 24.1 Å². The highest BCUT2D eigenvalue weighted by atomic mass is 32.1. The maximum absolute atomic E-state index is 11.6. The van der Waals surface area contributed by atoms with Gasteiger partial charge < -0.3 is 10.4 Å². The normalized spacial score (nSPS) is 9.88. The zero-order chi connectivity index (χ0) is 12.3. The van der Waals surface area contributed by atoms with E-state index in [9.17, 15) is 9.59 Å². The Morgan fingerprint density at radius 2 is 2.00 bits per heavy atom. The Balaban J connectivity index is 2.12. The molecule has 2 heterocycles. The Kier molecular flexibility index (Phi) is 3.06. The van der Waals surface area contributed by atoms with Crippen molar-refractivity contribution in [3.8, 4) is 0 Å². The summed E-state index contributed by atoms with van der Waals surface area (Å²) >= 11 is 0.960. The smallest absolute Gasteiger partial charge is 0.355 e. The van der Waals surface area contributed by atoms with Gasteiger partial charge in [0.1, 0.15) is 6.33 Å². The predicted octanol–water partition coefficient (Wildman–Crippen LogP) is 0.884. The number of carboxylic acid groups (broad SMARTS) is 1. The topological polar surface area (TPSA) is 105 Å². The maximum atomic E-state index is 11.6. The molecule has 0 fully saturated rings. The molecule has 0 spiro atoms. The molecule has 1 amide bonds. The van der Waals surface area contributed by atoms with E-state index >= 15 is 0 Å². The summed E-state index contributed by atoms with van der Waals surface area (Å²) in [5.74, 6) is -1.65. The third-order valence-electron chi connectivity index (χ3n) is 1.74. The molecule has 0 radical (unpaired) electrons. The summed E-state index contributed by atoms with van der Waals surface area (Å²) in [7, 11) is 0. The van der Waals surface area contributed by atoms with Gasteiger partial charge in [-0.25, -0.2) is 19.7 Å². The lowest BCUT2D eigenvalue weighted by molar-refractivity contribution is 0.0691. The quantitative estimate of drug-likeness (QED) is 0.837. The molecule has 2 aromatic heterocycles. The van der Waals surface area contributed by atoms with E-state index in [0.717, 1.165) is 11.3 Å². The largest absolute Gasteiger partial charge is 0.476 e. The molecule has 0 bridgehead atoms. The van der Waals surface area contributed by atoms with Crippen molar-refractivity contribution in [2.75, 3.05) is 5.32 Å². The summed E-state index contributed by atoms with van der Waals surface area (Å²) in [6, 6.07) is 0. The number of aromatic nitrogens is 3. The molecular formula is C9H6N4O3S. The average molecular weight is 250 g/mol. The molecule has 2 N–H and O–H groups in total. The third kappa shape index (κ3) is 2.61. The third-order valence-corrected chi connectivity index (χ3v) is 2.58. The fraction of sp³-hybridized carbons (Fsp3) is 0. The highest BCUT2D eigenvalue weighted by Crippen LogP contribution is 2.12. The summed E-state index contributed by atoms with van der Waals surface area (Å²) in [6.45, 7) is 0. The Bertz CT molecular complexity index is 554. The highest BCUT2D eigenvalue weighted by molar-refractivity contribution is 7.12. The van der Waals surface area contributed by atoms with Crippen LogP contribution >= 0.6 is 11.3 Å². The van der Waals surface area contributed by atoms with Crippen molar-refractivity contribution in [3.05, 3.63) is 34.8 Å². The fourth-order valence-electron chi connectivity index (χ4n) is 1.02. The molecular weight excluding hydrogens is 244 g/mol. The van der Waals surface area contributed by atoms with Gasteiger partial charge in [-0.15, -0.1) is 11.3 Å². The van der Waals surface area contributed by atoms with E-state index in [2.05, 4.69) is 20.3 Å². The molecule has 86 valence electrons. The molecule has 0 saturated carbocycles. The minimum Gasteiger partial charge on any atom is -0.476 e. The molecule has 2 aromatic rings. The van der Waals surface area contributed by atoms with E-state index in [1.165, 1.54) is 24.1 Å². The number of carbonyl (C=O) groups is 2. The van der Waals surface area contributed by atoms with Crippen LogP contribution in [0.1, 0.15) is 20.3 Å². The summed E-state index contributed by atoms with van der Waals surface area (Å²) < 4.78 is 0. The number of thiazole rings is 1. The Hall–Kier alpha value is -2.35.